The Morgan fingerprint density at radius 3 is 0.488 bits per heavy atom. The standard InChI is InChI=1S/C60H54N3O18P3/c1-37(2)55(64)70-43-25-13-19-31-49(43)76-82(77-50-32-20-14-26-44(50)71-56(65)38(3)4)61-83(78-51-33-21-15-27-45(51)72-57(66)39(5)6,79-52-34-22-16-28-46(52)73-58(67)40(7)8)63-84(62-82,80-53-35-23-17-29-47(53)74-59(68)41(9)10)81-54-36-24-18-30-48(54)75-60(69)42(11)12/h13-36H,1,3,5,7,9,11H2,2,4,6,8,10,12H3. The van der Waals surface area contributed by atoms with E-state index < -0.39 is 58.8 Å². The largest absolute Gasteiger partial charge is 0.461 e. The van der Waals surface area contributed by atoms with E-state index in [4.69, 9.17) is 69.1 Å². The normalized spacial score (nSPS) is 13.1. The van der Waals surface area contributed by atoms with Crippen LogP contribution in [0.5, 0.6) is 69.0 Å². The topological polar surface area (TPSA) is 250 Å². The number of esters is 6. The molecule has 1 aliphatic heterocycles. The number of carbonyl (C=O) groups excluding carboxylic acids is 6. The molecule has 0 amide bonds. The van der Waals surface area contributed by atoms with Crippen molar-refractivity contribution in [1.82, 2.24) is 0 Å². The third kappa shape index (κ3) is 15.7. The molecule has 0 atom stereocenters. The SMILES string of the molecule is C=C(C)C(=O)Oc1ccccc1OP1(Oc2ccccc2OC(=O)C(=C)C)=NP(Oc2ccccc2OC(=O)C(=C)C)(Oc2ccccc2OC(=O)C(=C)C)=NP(Oc2ccccc2OC(=O)C(=C)C)(Oc2ccccc2OC(=O)C(=C)C)=N1. The molecule has 0 aromatic heterocycles. The van der Waals surface area contributed by atoms with Gasteiger partial charge < -0.3 is 55.6 Å². The second kappa shape index (κ2) is 26.8. The summed E-state index contributed by atoms with van der Waals surface area (Å²) < 4.78 is 92.4. The first kappa shape index (κ1) is 61.7. The molecule has 7 rings (SSSR count). The van der Waals surface area contributed by atoms with Crippen molar-refractivity contribution in [2.24, 2.45) is 13.5 Å². The highest BCUT2D eigenvalue weighted by Gasteiger charge is 2.51. The molecule has 24 heteroatoms. The zero-order valence-corrected chi connectivity index (χ0v) is 48.8. The van der Waals surface area contributed by atoms with Gasteiger partial charge in [0.25, 0.3) is 0 Å². The molecular formula is C60H54N3O18P3. The van der Waals surface area contributed by atoms with Crippen molar-refractivity contribution in [2.45, 2.75) is 41.5 Å². The summed E-state index contributed by atoms with van der Waals surface area (Å²) in [5.74, 6) is -8.84. The van der Waals surface area contributed by atoms with Gasteiger partial charge in [-0.05, 0) is 114 Å². The average molecular weight is 1200 g/mol. The summed E-state index contributed by atoms with van der Waals surface area (Å²) in [6, 6.07) is 34.5. The number of ether oxygens (including phenoxy) is 6. The van der Waals surface area contributed by atoms with E-state index in [1.807, 2.05) is 0 Å². The fourth-order valence-electron chi connectivity index (χ4n) is 6.31. The van der Waals surface area contributed by atoms with E-state index in [1.54, 1.807) is 0 Å². The van der Waals surface area contributed by atoms with Crippen LogP contribution in [0, 0.1) is 0 Å². The second-order valence-corrected chi connectivity index (χ2v) is 24.2. The molecule has 0 saturated carbocycles. The highest BCUT2D eigenvalue weighted by molar-refractivity contribution is 7.79. The lowest BCUT2D eigenvalue weighted by Gasteiger charge is -2.34. The molecule has 6 aromatic rings. The van der Waals surface area contributed by atoms with Crippen molar-refractivity contribution in [3.8, 4) is 69.0 Å². The fraction of sp³-hybridized carbons (Fsp3) is 0.100. The van der Waals surface area contributed by atoms with Crippen LogP contribution < -0.4 is 55.6 Å². The number of carbonyl (C=O) groups is 6. The Morgan fingerprint density at radius 2 is 0.369 bits per heavy atom. The summed E-state index contributed by atoms with van der Waals surface area (Å²) in [6.45, 7) is 30.8. The molecule has 1 aliphatic rings. The predicted octanol–water partition coefficient (Wildman–Crippen LogP) is 15.2. The van der Waals surface area contributed by atoms with Crippen LogP contribution in [0.1, 0.15) is 41.5 Å². The molecule has 0 N–H and O–H groups in total. The first-order valence-corrected chi connectivity index (χ1v) is 29.4. The number of benzene rings is 6. The Labute approximate surface area is 483 Å². The van der Waals surface area contributed by atoms with E-state index >= 15 is 0 Å². The van der Waals surface area contributed by atoms with Gasteiger partial charge in [0.1, 0.15) is 0 Å². The zero-order valence-electron chi connectivity index (χ0n) is 46.1. The summed E-state index contributed by atoms with van der Waals surface area (Å²) >= 11 is 0. The maximum atomic E-state index is 13.4. The third-order valence-electron chi connectivity index (χ3n) is 10.4. The van der Waals surface area contributed by atoms with Gasteiger partial charge in [0, 0.05) is 33.4 Å². The van der Waals surface area contributed by atoms with Gasteiger partial charge in [-0.2, -0.15) is 0 Å². The van der Waals surface area contributed by atoms with Crippen molar-refractivity contribution in [2.75, 3.05) is 0 Å². The minimum absolute atomic E-state index is 0.0165. The monoisotopic (exact) mass is 1200 g/mol. The first-order valence-electron chi connectivity index (χ1n) is 24.8. The number of hydrogen-bond donors (Lipinski definition) is 0. The van der Waals surface area contributed by atoms with Crippen molar-refractivity contribution < 1.29 is 84.3 Å². The highest BCUT2D eigenvalue weighted by Crippen LogP contribution is 2.80. The van der Waals surface area contributed by atoms with E-state index in [1.165, 1.54) is 187 Å². The Morgan fingerprint density at radius 1 is 0.250 bits per heavy atom. The van der Waals surface area contributed by atoms with Crippen molar-refractivity contribution in [3.63, 3.8) is 0 Å². The van der Waals surface area contributed by atoms with Gasteiger partial charge in [-0.15, -0.1) is 0 Å². The van der Waals surface area contributed by atoms with Gasteiger partial charge in [-0.3, -0.25) is 0 Å². The average Bonchev–Trinajstić information content (AvgIpc) is 0.896. The minimum Gasteiger partial charge on any atom is -0.419 e. The molecule has 0 saturated heterocycles. The number of hydrogen-bond acceptors (Lipinski definition) is 21. The predicted molar refractivity (Wildman–Crippen MR) is 313 cm³/mol. The first-order chi connectivity index (χ1) is 39.9. The Kier molecular flexibility index (Phi) is 19.7. The van der Waals surface area contributed by atoms with Crippen LogP contribution >= 0.6 is 23.0 Å². The highest BCUT2D eigenvalue weighted by atomic mass is 31.3. The van der Waals surface area contributed by atoms with Crippen LogP contribution in [-0.4, -0.2) is 35.8 Å². The number of nitrogens with zero attached hydrogens (tertiary/aromatic N) is 3. The molecule has 0 radical (unpaired) electrons. The van der Waals surface area contributed by atoms with Crippen LogP contribution in [0.2, 0.25) is 0 Å². The molecule has 1 heterocycles. The van der Waals surface area contributed by atoms with E-state index in [0.29, 0.717) is 0 Å². The smallest absolute Gasteiger partial charge is 0.419 e. The van der Waals surface area contributed by atoms with E-state index in [-0.39, 0.29) is 102 Å². The summed E-state index contributed by atoms with van der Waals surface area (Å²) in [7, 11) is -15.6. The third-order valence-corrected chi connectivity index (χ3v) is 18.4. The van der Waals surface area contributed by atoms with Crippen LogP contribution in [0.4, 0.5) is 0 Å². The van der Waals surface area contributed by atoms with Gasteiger partial charge >= 0.3 is 58.8 Å². The summed E-state index contributed by atoms with van der Waals surface area (Å²) in [5, 5.41) is 0. The van der Waals surface area contributed by atoms with Crippen LogP contribution in [0.25, 0.3) is 0 Å². The lowest BCUT2D eigenvalue weighted by molar-refractivity contribution is -0.131. The van der Waals surface area contributed by atoms with Crippen LogP contribution in [-0.2, 0) is 28.8 Å². The Hall–Kier alpha value is -9.93. The van der Waals surface area contributed by atoms with E-state index in [0.717, 1.165) is 0 Å². The molecule has 84 heavy (non-hydrogen) atoms. The minimum atomic E-state index is -5.21. The lowest BCUT2D eigenvalue weighted by atomic mass is 10.3. The Bertz CT molecular complexity index is 3280. The quantitative estimate of drug-likeness (QED) is 0.0236. The summed E-state index contributed by atoms with van der Waals surface area (Å²) in [6.07, 6.45) is 0. The van der Waals surface area contributed by atoms with Gasteiger partial charge in [-0.25, -0.2) is 28.8 Å². The lowest BCUT2D eigenvalue weighted by Crippen LogP contribution is -2.15. The van der Waals surface area contributed by atoms with Crippen molar-refractivity contribution in [1.29, 1.82) is 0 Å². The number of rotatable bonds is 24. The van der Waals surface area contributed by atoms with Gasteiger partial charge in [0.2, 0.25) is 0 Å². The maximum absolute atomic E-state index is 13.4. The number of para-hydroxylation sites is 12. The molecular weight excluding hydrogens is 1140 g/mol. The molecule has 0 fully saturated rings. The van der Waals surface area contributed by atoms with Gasteiger partial charge in [0.05, 0.1) is 0 Å². The zero-order chi connectivity index (χ0) is 60.9. The molecule has 0 unspecified atom stereocenters. The van der Waals surface area contributed by atoms with Crippen LogP contribution in [0.15, 0.2) is 232 Å². The van der Waals surface area contributed by atoms with Crippen molar-refractivity contribution >= 4 is 58.8 Å². The molecule has 6 aromatic carbocycles. The van der Waals surface area contributed by atoms with Crippen molar-refractivity contribution in [3.05, 3.63) is 219 Å². The van der Waals surface area contributed by atoms with Gasteiger partial charge in [0.15, 0.2) is 69.0 Å². The maximum Gasteiger partial charge on any atom is 0.461 e. The summed E-state index contributed by atoms with van der Waals surface area (Å²) in [5.41, 5.74) is -0.0989. The molecule has 21 nitrogen and oxygen atoms in total. The molecule has 0 bridgehead atoms. The molecule has 0 aliphatic carbocycles. The Balaban J connectivity index is 1.74. The van der Waals surface area contributed by atoms with E-state index in [9.17, 15) is 28.8 Å². The summed E-state index contributed by atoms with van der Waals surface area (Å²) in [4.78, 5) is 80.4. The second-order valence-electron chi connectivity index (χ2n) is 18.0. The molecule has 432 valence electrons. The van der Waals surface area contributed by atoms with Crippen LogP contribution in [0.3, 0.4) is 0 Å². The molecule has 0 spiro atoms. The fourth-order valence-corrected chi connectivity index (χ4v) is 15.4. The van der Waals surface area contributed by atoms with E-state index in [2.05, 4.69) is 39.5 Å². The van der Waals surface area contributed by atoms with Gasteiger partial charge in [-0.1, -0.05) is 126 Å².